The highest BCUT2D eigenvalue weighted by Crippen LogP contribution is 2.21. The van der Waals surface area contributed by atoms with Crippen molar-refractivity contribution in [3.05, 3.63) is 64.6 Å². The summed E-state index contributed by atoms with van der Waals surface area (Å²) in [5.74, 6) is -0.513. The van der Waals surface area contributed by atoms with Crippen LogP contribution in [-0.2, 0) is 9.53 Å². The van der Waals surface area contributed by atoms with Crippen LogP contribution in [0.4, 0.5) is 0 Å². The van der Waals surface area contributed by atoms with Gasteiger partial charge in [-0.2, -0.15) is 4.73 Å². The second-order valence-corrected chi connectivity index (χ2v) is 6.35. The molecule has 1 aromatic carbocycles. The van der Waals surface area contributed by atoms with Gasteiger partial charge in [-0.3, -0.25) is 4.79 Å². The van der Waals surface area contributed by atoms with Crippen LogP contribution < -0.4 is 14.8 Å². The second-order valence-electron chi connectivity index (χ2n) is 5.91. The number of aromatic nitrogens is 1. The molecule has 0 radical (unpaired) electrons. The molecule has 0 saturated heterocycles. The number of nitrogens with one attached hydrogen (secondary N) is 1. The monoisotopic (exact) mass is 378 g/mol. The number of carbonyl (C=O) groups is 2. The molecule has 0 saturated carbocycles. The first kappa shape index (κ1) is 19.5. The first-order chi connectivity index (χ1) is 12.3. The largest absolute Gasteiger partial charge is 0.619 e. The Kier molecular flexibility index (Phi) is 6.41. The molecule has 0 aliphatic rings. The van der Waals surface area contributed by atoms with Gasteiger partial charge in [0.1, 0.15) is 17.9 Å². The molecule has 0 aliphatic heterocycles. The Labute approximate surface area is 156 Å². The summed E-state index contributed by atoms with van der Waals surface area (Å²) in [7, 11) is 0. The van der Waals surface area contributed by atoms with Crippen LogP contribution in [0.25, 0.3) is 0 Å². The minimum atomic E-state index is -1.20. The van der Waals surface area contributed by atoms with Crippen molar-refractivity contribution >= 4 is 23.5 Å². The van der Waals surface area contributed by atoms with E-state index < -0.39 is 17.5 Å². The first-order valence-electron chi connectivity index (χ1n) is 7.87. The van der Waals surface area contributed by atoms with Crippen molar-refractivity contribution in [2.75, 3.05) is 13.2 Å². The summed E-state index contributed by atoms with van der Waals surface area (Å²) in [6.07, 6.45) is 2.44. The third kappa shape index (κ3) is 5.63. The highest BCUT2D eigenvalue weighted by molar-refractivity contribution is 6.30. The fraction of sp³-hybridized carbons (Fsp3) is 0.278. The zero-order valence-corrected chi connectivity index (χ0v) is 15.2. The summed E-state index contributed by atoms with van der Waals surface area (Å²) in [6.45, 7) is 3.25. The van der Waals surface area contributed by atoms with Gasteiger partial charge in [0.2, 0.25) is 0 Å². The Morgan fingerprint density at radius 3 is 2.58 bits per heavy atom. The van der Waals surface area contributed by atoms with E-state index >= 15 is 0 Å². The number of carbonyl (C=O) groups excluding carboxylic acids is 2. The van der Waals surface area contributed by atoms with Crippen molar-refractivity contribution in [3.8, 4) is 5.75 Å². The number of hydrogen-bond donors (Lipinski definition) is 1. The molecule has 0 spiro atoms. The lowest BCUT2D eigenvalue weighted by Gasteiger charge is -2.24. The van der Waals surface area contributed by atoms with Gasteiger partial charge >= 0.3 is 5.97 Å². The van der Waals surface area contributed by atoms with E-state index in [2.05, 4.69) is 5.32 Å². The van der Waals surface area contributed by atoms with E-state index in [9.17, 15) is 14.8 Å². The smallest absolute Gasteiger partial charge is 0.349 e. The van der Waals surface area contributed by atoms with Crippen LogP contribution in [0.15, 0.2) is 48.8 Å². The predicted octanol–water partition coefficient (Wildman–Crippen LogP) is 2.10. The highest BCUT2D eigenvalue weighted by atomic mass is 35.5. The van der Waals surface area contributed by atoms with Crippen molar-refractivity contribution in [1.82, 2.24) is 5.32 Å². The number of hydrogen-bond acceptors (Lipinski definition) is 5. The average molecular weight is 379 g/mol. The van der Waals surface area contributed by atoms with E-state index in [0.717, 1.165) is 6.20 Å². The van der Waals surface area contributed by atoms with Crippen LogP contribution >= 0.6 is 11.6 Å². The van der Waals surface area contributed by atoms with Gasteiger partial charge < -0.3 is 20.0 Å². The second kappa shape index (κ2) is 8.53. The molecule has 1 heterocycles. The zero-order chi connectivity index (χ0) is 19.2. The number of esters is 1. The predicted molar refractivity (Wildman–Crippen MR) is 94.9 cm³/mol. The lowest BCUT2D eigenvalue weighted by molar-refractivity contribution is -0.605. The molecule has 138 valence electrons. The Hall–Kier alpha value is -2.80. The SMILES string of the molecule is CC(C)(Oc1ccc(Cl)cc1)C(=O)OCCNC(=O)c1ccc[n+]([O-])c1. The third-order valence-corrected chi connectivity index (χ3v) is 3.59. The molecule has 1 amide bonds. The van der Waals surface area contributed by atoms with Crippen LogP contribution in [0.2, 0.25) is 5.02 Å². The molecule has 8 heteroatoms. The molecule has 0 bridgehead atoms. The summed E-state index contributed by atoms with van der Waals surface area (Å²) in [6, 6.07) is 9.60. The normalized spacial score (nSPS) is 10.9. The van der Waals surface area contributed by atoms with Crippen LogP contribution in [0.3, 0.4) is 0 Å². The maximum atomic E-state index is 12.2. The molecule has 2 rings (SSSR count). The molecule has 1 aromatic heterocycles. The van der Waals surface area contributed by atoms with Gasteiger partial charge in [0.25, 0.3) is 5.91 Å². The Bertz CT molecular complexity index is 777. The quantitative estimate of drug-likeness (QED) is 0.345. The van der Waals surface area contributed by atoms with Gasteiger partial charge in [-0.25, -0.2) is 4.79 Å². The summed E-state index contributed by atoms with van der Waals surface area (Å²) in [4.78, 5) is 24.0. The summed E-state index contributed by atoms with van der Waals surface area (Å²) in [5.41, 5.74) is -0.981. The fourth-order valence-corrected chi connectivity index (χ4v) is 2.14. The molecular weight excluding hydrogens is 360 g/mol. The van der Waals surface area contributed by atoms with E-state index in [0.29, 0.717) is 15.5 Å². The minimum absolute atomic E-state index is 0.0256. The molecular formula is C18H19ClN2O5. The molecule has 0 atom stereocenters. The van der Waals surface area contributed by atoms with Gasteiger partial charge in [-0.05, 0) is 44.2 Å². The molecule has 2 aromatic rings. The van der Waals surface area contributed by atoms with Gasteiger partial charge in [0, 0.05) is 11.1 Å². The van der Waals surface area contributed by atoms with Gasteiger partial charge in [0.15, 0.2) is 18.0 Å². The topological polar surface area (TPSA) is 91.6 Å². The van der Waals surface area contributed by atoms with Crippen LogP contribution in [0.5, 0.6) is 5.75 Å². The highest BCUT2D eigenvalue weighted by Gasteiger charge is 2.31. The van der Waals surface area contributed by atoms with Gasteiger partial charge in [-0.15, -0.1) is 0 Å². The average Bonchev–Trinajstić information content (AvgIpc) is 2.60. The maximum Gasteiger partial charge on any atom is 0.349 e. The van der Waals surface area contributed by atoms with Crippen LogP contribution in [0, 0.1) is 5.21 Å². The number of rotatable bonds is 7. The summed E-state index contributed by atoms with van der Waals surface area (Å²) >= 11 is 5.81. The van der Waals surface area contributed by atoms with Gasteiger partial charge in [0.05, 0.1) is 6.54 Å². The van der Waals surface area contributed by atoms with E-state index in [1.807, 2.05) is 0 Å². The minimum Gasteiger partial charge on any atom is -0.619 e. The molecule has 26 heavy (non-hydrogen) atoms. The number of benzene rings is 1. The van der Waals surface area contributed by atoms with E-state index in [-0.39, 0.29) is 18.7 Å². The number of pyridine rings is 1. The van der Waals surface area contributed by atoms with E-state index in [4.69, 9.17) is 21.1 Å². The van der Waals surface area contributed by atoms with Crippen molar-refractivity contribution in [2.24, 2.45) is 0 Å². The summed E-state index contributed by atoms with van der Waals surface area (Å²) in [5, 5.41) is 14.3. The van der Waals surface area contributed by atoms with Crippen LogP contribution in [0.1, 0.15) is 24.2 Å². The van der Waals surface area contributed by atoms with Crippen molar-refractivity contribution in [2.45, 2.75) is 19.4 Å². The van der Waals surface area contributed by atoms with Gasteiger partial charge in [-0.1, -0.05) is 11.6 Å². The van der Waals surface area contributed by atoms with E-state index in [1.165, 1.54) is 18.3 Å². The molecule has 7 nitrogen and oxygen atoms in total. The molecule has 1 N–H and O–H groups in total. The fourth-order valence-electron chi connectivity index (χ4n) is 2.01. The van der Waals surface area contributed by atoms with Crippen molar-refractivity contribution in [3.63, 3.8) is 0 Å². The van der Waals surface area contributed by atoms with E-state index in [1.54, 1.807) is 38.1 Å². The molecule has 0 unspecified atom stereocenters. The molecule has 0 aliphatic carbocycles. The Morgan fingerprint density at radius 2 is 1.92 bits per heavy atom. The number of ether oxygens (including phenoxy) is 2. The number of nitrogens with zero attached hydrogens (tertiary/aromatic N) is 1. The van der Waals surface area contributed by atoms with Crippen molar-refractivity contribution in [1.29, 1.82) is 0 Å². The molecule has 0 fully saturated rings. The Morgan fingerprint density at radius 1 is 1.23 bits per heavy atom. The van der Waals surface area contributed by atoms with Crippen LogP contribution in [-0.4, -0.2) is 30.6 Å². The maximum absolute atomic E-state index is 12.2. The standard InChI is InChI=1S/C18H19ClN2O5/c1-18(2,26-15-7-5-14(19)6-8-15)17(23)25-11-9-20-16(22)13-4-3-10-21(24)12-13/h3-8,10,12H,9,11H2,1-2H3,(H,20,22). The lowest BCUT2D eigenvalue weighted by atomic mass is 10.1. The zero-order valence-electron chi connectivity index (χ0n) is 14.4. The first-order valence-corrected chi connectivity index (χ1v) is 8.24. The van der Waals surface area contributed by atoms with Crippen molar-refractivity contribution < 1.29 is 23.8 Å². The lowest BCUT2D eigenvalue weighted by Crippen LogP contribution is -2.41. The number of amides is 1. The third-order valence-electron chi connectivity index (χ3n) is 3.34. The Balaban J connectivity index is 1.78. The summed E-state index contributed by atoms with van der Waals surface area (Å²) < 4.78 is 11.3. The number of halogens is 1.